The number of hydrogen-bond acceptors (Lipinski definition) is 3. The van der Waals surface area contributed by atoms with Crippen LogP contribution in [0.5, 0.6) is 0 Å². The predicted molar refractivity (Wildman–Crippen MR) is 84.3 cm³/mol. The van der Waals surface area contributed by atoms with Crippen LogP contribution in [-0.4, -0.2) is 29.9 Å². The molecule has 1 fully saturated rings. The van der Waals surface area contributed by atoms with Gasteiger partial charge < -0.3 is 15.1 Å². The lowest BCUT2D eigenvalue weighted by molar-refractivity contribution is 0.0656. The quantitative estimate of drug-likeness (QED) is 0.818. The van der Waals surface area contributed by atoms with Crippen molar-refractivity contribution in [2.75, 3.05) is 13.1 Å². The van der Waals surface area contributed by atoms with Gasteiger partial charge in [0.1, 0.15) is 5.76 Å². The average molecular weight is 292 g/mol. The van der Waals surface area contributed by atoms with Gasteiger partial charge in [0, 0.05) is 19.0 Å². The summed E-state index contributed by atoms with van der Waals surface area (Å²) in [5.41, 5.74) is 6.39. The van der Waals surface area contributed by atoms with Crippen LogP contribution in [-0.2, 0) is 6.42 Å². The highest BCUT2D eigenvalue weighted by Gasteiger charge is 2.27. The SMILES string of the molecule is CCc1occc1C(=O)N(CCCN)C1CCCCCC1. The summed E-state index contributed by atoms with van der Waals surface area (Å²) in [4.78, 5) is 15.0. The van der Waals surface area contributed by atoms with Gasteiger partial charge in [-0.25, -0.2) is 0 Å². The highest BCUT2D eigenvalue weighted by atomic mass is 16.3. The van der Waals surface area contributed by atoms with Gasteiger partial charge in [0.2, 0.25) is 0 Å². The van der Waals surface area contributed by atoms with E-state index in [4.69, 9.17) is 10.2 Å². The average Bonchev–Trinajstić information content (AvgIpc) is 2.83. The van der Waals surface area contributed by atoms with Gasteiger partial charge in [0.25, 0.3) is 5.91 Å². The summed E-state index contributed by atoms with van der Waals surface area (Å²) in [5, 5.41) is 0. The minimum atomic E-state index is 0.126. The van der Waals surface area contributed by atoms with E-state index in [0.29, 0.717) is 12.6 Å². The van der Waals surface area contributed by atoms with Crippen LogP contribution in [0, 0.1) is 0 Å². The molecule has 4 heteroatoms. The number of hydrogen-bond donors (Lipinski definition) is 1. The molecule has 1 aliphatic carbocycles. The highest BCUT2D eigenvalue weighted by molar-refractivity contribution is 5.95. The first-order valence-electron chi connectivity index (χ1n) is 8.35. The lowest BCUT2D eigenvalue weighted by Gasteiger charge is -2.31. The Morgan fingerprint density at radius 1 is 1.33 bits per heavy atom. The Bertz CT molecular complexity index is 434. The Morgan fingerprint density at radius 3 is 2.67 bits per heavy atom. The summed E-state index contributed by atoms with van der Waals surface area (Å²) in [7, 11) is 0. The lowest BCUT2D eigenvalue weighted by Crippen LogP contribution is -2.41. The number of nitrogens with zero attached hydrogens (tertiary/aromatic N) is 1. The number of carbonyl (C=O) groups excluding carboxylic acids is 1. The molecule has 2 N–H and O–H groups in total. The van der Waals surface area contributed by atoms with Crippen molar-refractivity contribution in [2.24, 2.45) is 5.73 Å². The number of amides is 1. The minimum absolute atomic E-state index is 0.126. The zero-order valence-corrected chi connectivity index (χ0v) is 13.1. The summed E-state index contributed by atoms with van der Waals surface area (Å²) >= 11 is 0. The van der Waals surface area contributed by atoms with Crippen molar-refractivity contribution in [3.05, 3.63) is 23.7 Å². The smallest absolute Gasteiger partial charge is 0.257 e. The van der Waals surface area contributed by atoms with Crippen molar-refractivity contribution in [3.8, 4) is 0 Å². The van der Waals surface area contributed by atoms with Gasteiger partial charge >= 0.3 is 0 Å². The third-order valence-electron chi connectivity index (χ3n) is 4.43. The van der Waals surface area contributed by atoms with Gasteiger partial charge in [-0.1, -0.05) is 32.6 Å². The summed E-state index contributed by atoms with van der Waals surface area (Å²) in [5.74, 6) is 0.923. The van der Waals surface area contributed by atoms with Gasteiger partial charge in [-0.2, -0.15) is 0 Å². The normalized spacial score (nSPS) is 16.7. The van der Waals surface area contributed by atoms with E-state index >= 15 is 0 Å². The number of rotatable bonds is 6. The van der Waals surface area contributed by atoms with Gasteiger partial charge in [-0.05, 0) is 31.9 Å². The number of nitrogens with two attached hydrogens (primary N) is 1. The van der Waals surface area contributed by atoms with Crippen molar-refractivity contribution < 1.29 is 9.21 Å². The maximum absolute atomic E-state index is 12.9. The molecule has 4 nitrogen and oxygen atoms in total. The van der Waals surface area contributed by atoms with Crippen LogP contribution in [0.25, 0.3) is 0 Å². The van der Waals surface area contributed by atoms with Gasteiger partial charge in [-0.3, -0.25) is 4.79 Å². The maximum Gasteiger partial charge on any atom is 0.257 e. The summed E-state index contributed by atoms with van der Waals surface area (Å²) in [6.45, 7) is 3.41. The molecule has 0 atom stereocenters. The van der Waals surface area contributed by atoms with Gasteiger partial charge in [0.15, 0.2) is 0 Å². The molecular weight excluding hydrogens is 264 g/mol. The second-order valence-electron chi connectivity index (χ2n) is 5.90. The zero-order chi connectivity index (χ0) is 15.1. The van der Waals surface area contributed by atoms with E-state index in [1.54, 1.807) is 6.26 Å². The number of aryl methyl sites for hydroxylation is 1. The molecule has 0 radical (unpaired) electrons. The molecule has 0 aromatic carbocycles. The molecule has 0 bridgehead atoms. The predicted octanol–water partition coefficient (Wildman–Crippen LogP) is 3.36. The van der Waals surface area contributed by atoms with Crippen LogP contribution < -0.4 is 5.73 Å². The molecule has 0 unspecified atom stereocenters. The molecule has 1 amide bonds. The fraction of sp³-hybridized carbons (Fsp3) is 0.706. The molecule has 0 aliphatic heterocycles. The van der Waals surface area contributed by atoms with E-state index < -0.39 is 0 Å². The summed E-state index contributed by atoms with van der Waals surface area (Å²) in [6, 6.07) is 2.18. The number of furan rings is 1. The molecule has 1 heterocycles. The van der Waals surface area contributed by atoms with Crippen molar-refractivity contribution in [2.45, 2.75) is 64.3 Å². The lowest BCUT2D eigenvalue weighted by atomic mass is 10.0. The van der Waals surface area contributed by atoms with Crippen LogP contribution in [0.1, 0.15) is 68.0 Å². The zero-order valence-electron chi connectivity index (χ0n) is 13.1. The molecule has 1 aliphatic rings. The first kappa shape index (κ1) is 16.1. The second-order valence-corrected chi connectivity index (χ2v) is 5.90. The Hall–Kier alpha value is -1.29. The Kier molecular flexibility index (Phi) is 6.30. The third-order valence-corrected chi connectivity index (χ3v) is 4.43. The van der Waals surface area contributed by atoms with Gasteiger partial charge in [-0.15, -0.1) is 0 Å². The van der Waals surface area contributed by atoms with Crippen LogP contribution in [0.2, 0.25) is 0 Å². The maximum atomic E-state index is 12.9. The van der Waals surface area contributed by atoms with Crippen molar-refractivity contribution >= 4 is 5.91 Å². The van der Waals surface area contributed by atoms with Gasteiger partial charge in [0.05, 0.1) is 11.8 Å². The third kappa shape index (κ3) is 4.10. The van der Waals surface area contributed by atoms with Crippen LogP contribution in [0.15, 0.2) is 16.7 Å². The van der Waals surface area contributed by atoms with Crippen LogP contribution in [0.4, 0.5) is 0 Å². The molecule has 1 saturated carbocycles. The topological polar surface area (TPSA) is 59.5 Å². The number of carbonyl (C=O) groups is 1. The molecule has 21 heavy (non-hydrogen) atoms. The molecule has 1 aromatic heterocycles. The first-order valence-corrected chi connectivity index (χ1v) is 8.35. The standard InChI is InChI=1S/C17H28N2O2/c1-2-16-15(10-13-21-16)17(20)19(12-7-11-18)14-8-5-3-4-6-9-14/h10,13-14H,2-9,11-12,18H2,1H3. The Labute approximate surface area is 127 Å². The van der Waals surface area contributed by atoms with E-state index in [1.807, 2.05) is 13.0 Å². The molecule has 0 saturated heterocycles. The van der Waals surface area contributed by atoms with Crippen molar-refractivity contribution in [3.63, 3.8) is 0 Å². The van der Waals surface area contributed by atoms with E-state index in [9.17, 15) is 4.79 Å². The molecule has 0 spiro atoms. The largest absolute Gasteiger partial charge is 0.469 e. The van der Waals surface area contributed by atoms with Crippen LogP contribution >= 0.6 is 0 Å². The Balaban J connectivity index is 2.15. The van der Waals surface area contributed by atoms with E-state index in [-0.39, 0.29) is 5.91 Å². The van der Waals surface area contributed by atoms with E-state index in [1.165, 1.54) is 25.7 Å². The van der Waals surface area contributed by atoms with Crippen molar-refractivity contribution in [1.82, 2.24) is 4.90 Å². The second kappa shape index (κ2) is 8.23. The minimum Gasteiger partial charge on any atom is -0.469 e. The van der Waals surface area contributed by atoms with E-state index in [0.717, 1.165) is 43.6 Å². The Morgan fingerprint density at radius 2 is 2.05 bits per heavy atom. The summed E-state index contributed by atoms with van der Waals surface area (Å²) in [6.07, 6.45) is 10.5. The highest BCUT2D eigenvalue weighted by Crippen LogP contribution is 2.25. The fourth-order valence-corrected chi connectivity index (χ4v) is 3.24. The first-order chi connectivity index (χ1) is 10.3. The summed E-state index contributed by atoms with van der Waals surface area (Å²) < 4.78 is 5.43. The molecule has 1 aromatic rings. The molecule has 118 valence electrons. The van der Waals surface area contributed by atoms with Crippen molar-refractivity contribution in [1.29, 1.82) is 0 Å². The molecule has 2 rings (SSSR count). The van der Waals surface area contributed by atoms with E-state index in [2.05, 4.69) is 4.90 Å². The van der Waals surface area contributed by atoms with Crippen LogP contribution in [0.3, 0.4) is 0 Å². The molecular formula is C17H28N2O2. The fourth-order valence-electron chi connectivity index (χ4n) is 3.24. The monoisotopic (exact) mass is 292 g/mol.